The van der Waals surface area contributed by atoms with Crippen LogP contribution in [0.2, 0.25) is 0 Å². The highest BCUT2D eigenvalue weighted by Gasteiger charge is 2.25. The summed E-state index contributed by atoms with van der Waals surface area (Å²) in [5, 5.41) is 12.2. The molecule has 0 bridgehead atoms. The van der Waals surface area contributed by atoms with Gasteiger partial charge in [0, 0.05) is 10.5 Å². The fraction of sp³-hybridized carbons (Fsp3) is 0.462. The molecule has 0 spiro atoms. The zero-order valence-corrected chi connectivity index (χ0v) is 11.0. The molecule has 90 valence electrons. The van der Waals surface area contributed by atoms with E-state index in [0.29, 0.717) is 5.69 Å². The van der Waals surface area contributed by atoms with Gasteiger partial charge in [-0.1, -0.05) is 28.8 Å². The Bertz CT molecular complexity index is 442. The maximum Gasteiger partial charge on any atom is 0.146 e. The predicted molar refractivity (Wildman–Crippen MR) is 69.1 cm³/mol. The lowest BCUT2D eigenvalue weighted by molar-refractivity contribution is 0.387. The molecule has 2 nitrogen and oxygen atoms in total. The Hall–Kier alpha value is -1.08. The van der Waals surface area contributed by atoms with E-state index in [9.17, 15) is 4.39 Å². The fourth-order valence-corrected chi connectivity index (χ4v) is 2.63. The van der Waals surface area contributed by atoms with Crippen LogP contribution in [0.15, 0.2) is 22.7 Å². The first kappa shape index (κ1) is 12.4. The molecule has 0 heterocycles. The van der Waals surface area contributed by atoms with E-state index in [2.05, 4.69) is 27.3 Å². The summed E-state index contributed by atoms with van der Waals surface area (Å²) in [6.45, 7) is 0. The van der Waals surface area contributed by atoms with E-state index in [0.717, 1.165) is 30.2 Å². The molecule has 4 heteroatoms. The van der Waals surface area contributed by atoms with E-state index < -0.39 is 0 Å². The second-order valence-electron chi connectivity index (χ2n) is 4.40. The highest BCUT2D eigenvalue weighted by atomic mass is 79.9. The third kappa shape index (κ3) is 2.98. The van der Waals surface area contributed by atoms with E-state index >= 15 is 0 Å². The van der Waals surface area contributed by atoms with Gasteiger partial charge in [0.2, 0.25) is 0 Å². The van der Waals surface area contributed by atoms with Gasteiger partial charge >= 0.3 is 0 Å². The van der Waals surface area contributed by atoms with Crippen molar-refractivity contribution in [1.82, 2.24) is 0 Å². The van der Waals surface area contributed by atoms with Crippen LogP contribution in [0.5, 0.6) is 0 Å². The smallest absolute Gasteiger partial charge is 0.146 e. The first-order chi connectivity index (χ1) is 8.20. The molecule has 1 saturated carbocycles. The summed E-state index contributed by atoms with van der Waals surface area (Å²) in [4.78, 5) is 0. The molecule has 1 fully saturated rings. The van der Waals surface area contributed by atoms with Crippen molar-refractivity contribution in [2.75, 3.05) is 5.32 Å². The molecule has 1 aromatic carbocycles. The van der Waals surface area contributed by atoms with Crippen LogP contribution in [0.25, 0.3) is 0 Å². The lowest BCUT2D eigenvalue weighted by Gasteiger charge is -2.28. The summed E-state index contributed by atoms with van der Waals surface area (Å²) >= 11 is 3.32. The van der Waals surface area contributed by atoms with Crippen LogP contribution in [0.3, 0.4) is 0 Å². The van der Waals surface area contributed by atoms with Crippen molar-refractivity contribution < 1.29 is 4.39 Å². The molecule has 2 unspecified atom stereocenters. The Morgan fingerprint density at radius 2 is 2.12 bits per heavy atom. The lowest BCUT2D eigenvalue weighted by Crippen LogP contribution is -2.31. The van der Waals surface area contributed by atoms with Gasteiger partial charge in [-0.05, 0) is 31.0 Å². The monoisotopic (exact) mass is 296 g/mol. The van der Waals surface area contributed by atoms with Gasteiger partial charge in [0.1, 0.15) is 5.82 Å². The molecule has 1 aliphatic carbocycles. The molecule has 17 heavy (non-hydrogen) atoms. The van der Waals surface area contributed by atoms with Crippen LogP contribution in [-0.4, -0.2) is 6.04 Å². The molecule has 1 aliphatic rings. The molecule has 0 aromatic heterocycles. The molecule has 1 N–H and O–H groups in total. The molecule has 1 aromatic rings. The zero-order valence-electron chi connectivity index (χ0n) is 9.42. The van der Waals surface area contributed by atoms with Gasteiger partial charge in [-0.15, -0.1) is 0 Å². The molecule has 2 atom stereocenters. The Morgan fingerprint density at radius 3 is 2.88 bits per heavy atom. The van der Waals surface area contributed by atoms with Crippen molar-refractivity contribution in [1.29, 1.82) is 5.26 Å². The predicted octanol–water partition coefficient (Wildman–Crippen LogP) is 4.08. The summed E-state index contributed by atoms with van der Waals surface area (Å²) in [7, 11) is 0. The van der Waals surface area contributed by atoms with Gasteiger partial charge in [0.05, 0.1) is 17.7 Å². The fourth-order valence-electron chi connectivity index (χ4n) is 2.27. The number of nitriles is 1. The number of rotatable bonds is 2. The Balaban J connectivity index is 2.14. The van der Waals surface area contributed by atoms with Gasteiger partial charge in [-0.25, -0.2) is 4.39 Å². The van der Waals surface area contributed by atoms with E-state index in [1.54, 1.807) is 12.1 Å². The van der Waals surface area contributed by atoms with Crippen LogP contribution in [0.4, 0.5) is 10.1 Å². The number of nitrogens with zero attached hydrogens (tertiary/aromatic N) is 1. The average molecular weight is 297 g/mol. The molecule has 0 saturated heterocycles. The summed E-state index contributed by atoms with van der Waals surface area (Å²) in [5.74, 6) is -0.280. The number of benzene rings is 1. The number of anilines is 1. The second-order valence-corrected chi connectivity index (χ2v) is 5.31. The lowest BCUT2D eigenvalue weighted by atomic mass is 9.85. The van der Waals surface area contributed by atoms with E-state index in [4.69, 9.17) is 5.26 Å². The second kappa shape index (κ2) is 5.50. The van der Waals surface area contributed by atoms with Crippen LogP contribution in [-0.2, 0) is 0 Å². The third-order valence-corrected chi connectivity index (χ3v) is 3.69. The molecule has 2 rings (SSSR count). The zero-order chi connectivity index (χ0) is 12.3. The van der Waals surface area contributed by atoms with Gasteiger partial charge in [0.25, 0.3) is 0 Å². The minimum atomic E-state index is -0.268. The quantitative estimate of drug-likeness (QED) is 0.892. The highest BCUT2D eigenvalue weighted by molar-refractivity contribution is 9.10. The largest absolute Gasteiger partial charge is 0.379 e. The van der Waals surface area contributed by atoms with Crippen LogP contribution >= 0.6 is 15.9 Å². The van der Waals surface area contributed by atoms with Crippen molar-refractivity contribution in [3.8, 4) is 6.07 Å². The van der Waals surface area contributed by atoms with Crippen molar-refractivity contribution in [2.45, 2.75) is 31.7 Å². The SMILES string of the molecule is N#CC1CCCCC1Nc1cc(Br)ccc1F. The Labute approximate surface area is 109 Å². The number of nitrogens with one attached hydrogen (secondary N) is 1. The number of hydrogen-bond acceptors (Lipinski definition) is 2. The first-order valence-electron chi connectivity index (χ1n) is 5.82. The number of hydrogen-bond donors (Lipinski definition) is 1. The minimum absolute atomic E-state index is 0.0119. The van der Waals surface area contributed by atoms with E-state index in [-0.39, 0.29) is 17.8 Å². The highest BCUT2D eigenvalue weighted by Crippen LogP contribution is 2.28. The molecular weight excluding hydrogens is 283 g/mol. The van der Waals surface area contributed by atoms with Crippen LogP contribution in [0, 0.1) is 23.1 Å². The Kier molecular flexibility index (Phi) is 4.01. The van der Waals surface area contributed by atoms with E-state index in [1.807, 2.05) is 0 Å². The molecule has 0 radical (unpaired) electrons. The van der Waals surface area contributed by atoms with Gasteiger partial charge in [0.15, 0.2) is 0 Å². The summed E-state index contributed by atoms with van der Waals surface area (Å²) in [5.41, 5.74) is 0.478. The molecule has 0 amide bonds. The molecular formula is C13H14BrFN2. The van der Waals surface area contributed by atoms with Gasteiger partial charge in [-0.2, -0.15) is 5.26 Å². The van der Waals surface area contributed by atoms with Crippen molar-refractivity contribution >= 4 is 21.6 Å². The topological polar surface area (TPSA) is 35.8 Å². The molecule has 0 aliphatic heterocycles. The van der Waals surface area contributed by atoms with Gasteiger partial charge < -0.3 is 5.32 Å². The normalized spacial score (nSPS) is 24.1. The van der Waals surface area contributed by atoms with E-state index in [1.165, 1.54) is 6.07 Å². The standard InChI is InChI=1S/C13H14BrFN2/c14-10-5-6-11(15)13(7-10)17-12-4-2-1-3-9(12)8-16/h5-7,9,12,17H,1-4H2. The minimum Gasteiger partial charge on any atom is -0.379 e. The summed E-state index contributed by atoms with van der Waals surface area (Å²) in [6.07, 6.45) is 4.04. The summed E-state index contributed by atoms with van der Waals surface area (Å²) < 4.78 is 14.4. The third-order valence-electron chi connectivity index (χ3n) is 3.20. The van der Waals surface area contributed by atoms with Crippen LogP contribution < -0.4 is 5.32 Å². The Morgan fingerprint density at radius 1 is 1.35 bits per heavy atom. The van der Waals surface area contributed by atoms with Crippen LogP contribution in [0.1, 0.15) is 25.7 Å². The van der Waals surface area contributed by atoms with Crippen molar-refractivity contribution in [3.05, 3.63) is 28.5 Å². The number of halogens is 2. The van der Waals surface area contributed by atoms with Gasteiger partial charge in [-0.3, -0.25) is 0 Å². The average Bonchev–Trinajstić information content (AvgIpc) is 2.34. The van der Waals surface area contributed by atoms with Crippen molar-refractivity contribution in [2.24, 2.45) is 5.92 Å². The first-order valence-corrected chi connectivity index (χ1v) is 6.61. The summed E-state index contributed by atoms with van der Waals surface area (Å²) in [6, 6.07) is 7.20. The maximum absolute atomic E-state index is 13.6. The van der Waals surface area contributed by atoms with Crippen molar-refractivity contribution in [3.63, 3.8) is 0 Å². The maximum atomic E-state index is 13.6.